The molecule has 4 aromatic rings. The predicted molar refractivity (Wildman–Crippen MR) is 135 cm³/mol. The van der Waals surface area contributed by atoms with Gasteiger partial charge >= 0.3 is 27.3 Å². The van der Waals surface area contributed by atoms with E-state index in [1.807, 2.05) is 121 Å². The number of hydrogen-bond acceptors (Lipinski definition) is 4. The summed E-state index contributed by atoms with van der Waals surface area (Å²) in [4.78, 5) is 24.8. The third-order valence-corrected chi connectivity index (χ3v) is 5.38. The smallest absolute Gasteiger partial charge is 0.530 e. The van der Waals surface area contributed by atoms with E-state index in [2.05, 4.69) is 0 Å². The summed E-state index contributed by atoms with van der Waals surface area (Å²) in [5.41, 5.74) is 3.82. The van der Waals surface area contributed by atoms with Crippen molar-refractivity contribution in [1.29, 1.82) is 0 Å². The molecule has 2 amide bonds. The van der Waals surface area contributed by atoms with Crippen molar-refractivity contribution in [2.24, 2.45) is 0 Å². The molecule has 0 aromatic heterocycles. The molecule has 0 aliphatic carbocycles. The SMILES string of the molecule is O=C([O-])N(Cc1ccccc1)Cc1ccccc1.O=C([O-])N(Cc1ccccc1)Cc1ccccc1.[Cd+2]. The Morgan fingerprint density at radius 3 is 0.784 bits per heavy atom. The van der Waals surface area contributed by atoms with Crippen LogP contribution in [0.1, 0.15) is 22.3 Å². The molecule has 4 rings (SSSR count). The average molecular weight is 593 g/mol. The number of carbonyl (C=O) groups is 2. The second-order valence-corrected chi connectivity index (χ2v) is 8.19. The van der Waals surface area contributed by atoms with Crippen LogP contribution in [-0.4, -0.2) is 22.0 Å². The van der Waals surface area contributed by atoms with Crippen LogP contribution in [0.2, 0.25) is 0 Å². The van der Waals surface area contributed by atoms with Crippen LogP contribution in [0.15, 0.2) is 121 Å². The molecule has 0 spiro atoms. The van der Waals surface area contributed by atoms with Gasteiger partial charge in [0.15, 0.2) is 0 Å². The molecule has 0 N–H and O–H groups in total. The monoisotopic (exact) mass is 594 g/mol. The summed E-state index contributed by atoms with van der Waals surface area (Å²) < 4.78 is 0. The standard InChI is InChI=1S/2C15H15NO2.Cd/c2*17-15(18)16(11-13-7-3-1-4-8-13)12-14-9-5-2-6-10-14;/h2*1-10H,11-12H2,(H,17,18);/q;;+2/p-2. The van der Waals surface area contributed by atoms with Crippen molar-refractivity contribution in [2.45, 2.75) is 26.2 Å². The summed E-state index contributed by atoms with van der Waals surface area (Å²) in [7, 11) is 0. The molecule has 0 aliphatic rings. The summed E-state index contributed by atoms with van der Waals surface area (Å²) >= 11 is 0. The van der Waals surface area contributed by atoms with E-state index in [9.17, 15) is 19.8 Å². The molecule has 0 radical (unpaired) electrons. The Hall–Kier alpha value is -3.66. The zero-order chi connectivity index (χ0) is 25.6. The van der Waals surface area contributed by atoms with Gasteiger partial charge in [-0.1, -0.05) is 121 Å². The van der Waals surface area contributed by atoms with Crippen LogP contribution in [-0.2, 0) is 53.5 Å². The van der Waals surface area contributed by atoms with Crippen LogP contribution in [0, 0.1) is 0 Å². The first-order valence-electron chi connectivity index (χ1n) is 11.6. The number of rotatable bonds is 8. The molecule has 0 fully saturated rings. The first-order valence-corrected chi connectivity index (χ1v) is 11.6. The Bertz CT molecular complexity index is 1010. The van der Waals surface area contributed by atoms with Gasteiger partial charge in [-0.2, -0.15) is 0 Å². The summed E-state index contributed by atoms with van der Waals surface area (Å²) in [6.07, 6.45) is -2.30. The van der Waals surface area contributed by atoms with Crippen molar-refractivity contribution in [2.75, 3.05) is 0 Å². The van der Waals surface area contributed by atoms with Crippen molar-refractivity contribution < 1.29 is 47.1 Å². The Balaban J connectivity index is 0.000000253. The van der Waals surface area contributed by atoms with Gasteiger partial charge in [-0.05, 0) is 22.3 Å². The third-order valence-electron chi connectivity index (χ3n) is 5.38. The van der Waals surface area contributed by atoms with Gasteiger partial charge in [-0.15, -0.1) is 0 Å². The largest absolute Gasteiger partial charge is 2.00 e. The minimum atomic E-state index is -1.15. The molecule has 6 nitrogen and oxygen atoms in total. The minimum Gasteiger partial charge on any atom is -0.530 e. The fourth-order valence-corrected chi connectivity index (χ4v) is 3.59. The average Bonchev–Trinajstić information content (AvgIpc) is 2.91. The maximum atomic E-state index is 11.1. The fourth-order valence-electron chi connectivity index (χ4n) is 3.59. The molecule has 0 saturated carbocycles. The second kappa shape index (κ2) is 16.2. The number of amides is 2. The summed E-state index contributed by atoms with van der Waals surface area (Å²) in [5, 5.41) is 22.2. The summed E-state index contributed by atoms with van der Waals surface area (Å²) in [6.45, 7) is 1.38. The Labute approximate surface area is 238 Å². The first-order chi connectivity index (χ1) is 17.5. The maximum absolute atomic E-state index is 11.1. The molecule has 184 valence electrons. The molecule has 0 unspecified atom stereocenters. The molecule has 0 atom stereocenters. The summed E-state index contributed by atoms with van der Waals surface area (Å²) in [6, 6.07) is 38.0. The van der Waals surface area contributed by atoms with E-state index in [0.717, 1.165) is 22.3 Å². The number of carbonyl (C=O) groups excluding carboxylic acids is 2. The van der Waals surface area contributed by atoms with Gasteiger partial charge in [0.1, 0.15) is 12.2 Å². The van der Waals surface area contributed by atoms with Gasteiger partial charge in [0.05, 0.1) is 0 Å². The quantitative estimate of drug-likeness (QED) is 0.289. The Kier molecular flexibility index (Phi) is 12.9. The molecule has 0 aliphatic heterocycles. The van der Waals surface area contributed by atoms with Crippen molar-refractivity contribution in [3.8, 4) is 0 Å². The summed E-state index contributed by atoms with van der Waals surface area (Å²) in [5.74, 6) is 0. The van der Waals surface area contributed by atoms with Crippen LogP contribution in [0.25, 0.3) is 0 Å². The minimum absolute atomic E-state index is 0. The van der Waals surface area contributed by atoms with Crippen molar-refractivity contribution in [3.63, 3.8) is 0 Å². The van der Waals surface area contributed by atoms with Crippen LogP contribution < -0.4 is 10.2 Å². The number of benzene rings is 4. The number of nitrogens with zero attached hydrogens (tertiary/aromatic N) is 2. The Morgan fingerprint density at radius 1 is 0.432 bits per heavy atom. The van der Waals surface area contributed by atoms with Gasteiger partial charge in [0.25, 0.3) is 0 Å². The molecule has 4 aromatic carbocycles. The normalized spacial score (nSPS) is 9.73. The van der Waals surface area contributed by atoms with E-state index in [4.69, 9.17) is 0 Å². The van der Waals surface area contributed by atoms with Crippen LogP contribution in [0.4, 0.5) is 9.59 Å². The van der Waals surface area contributed by atoms with Crippen molar-refractivity contribution >= 4 is 12.2 Å². The topological polar surface area (TPSA) is 86.7 Å². The van der Waals surface area contributed by atoms with Gasteiger partial charge in [0, 0.05) is 26.2 Å². The fraction of sp³-hybridized carbons (Fsp3) is 0.133. The first kappa shape index (κ1) is 29.6. The van der Waals surface area contributed by atoms with Gasteiger partial charge in [-0.3, -0.25) is 0 Å². The molecule has 0 saturated heterocycles. The zero-order valence-electron chi connectivity index (χ0n) is 20.6. The van der Waals surface area contributed by atoms with Gasteiger partial charge < -0.3 is 29.6 Å². The molecule has 7 heteroatoms. The second-order valence-electron chi connectivity index (χ2n) is 8.19. The molecular formula is C30H28CdN2O4. The van der Waals surface area contributed by atoms with E-state index in [-0.39, 0.29) is 27.3 Å². The Morgan fingerprint density at radius 2 is 0.622 bits per heavy atom. The number of hydrogen-bond donors (Lipinski definition) is 0. The van der Waals surface area contributed by atoms with Crippen LogP contribution >= 0.6 is 0 Å². The van der Waals surface area contributed by atoms with Crippen LogP contribution in [0.5, 0.6) is 0 Å². The molecule has 37 heavy (non-hydrogen) atoms. The van der Waals surface area contributed by atoms with E-state index in [1.165, 1.54) is 9.80 Å². The third kappa shape index (κ3) is 10.9. The van der Waals surface area contributed by atoms with E-state index >= 15 is 0 Å². The van der Waals surface area contributed by atoms with Crippen molar-refractivity contribution in [3.05, 3.63) is 144 Å². The van der Waals surface area contributed by atoms with Crippen molar-refractivity contribution in [1.82, 2.24) is 9.80 Å². The molecule has 0 bridgehead atoms. The van der Waals surface area contributed by atoms with Gasteiger partial charge in [0.2, 0.25) is 0 Å². The van der Waals surface area contributed by atoms with E-state index < -0.39 is 12.2 Å². The maximum Gasteiger partial charge on any atom is 2.00 e. The van der Waals surface area contributed by atoms with E-state index in [0.29, 0.717) is 26.2 Å². The number of carboxylic acid groups (broad SMARTS) is 2. The van der Waals surface area contributed by atoms with E-state index in [1.54, 1.807) is 0 Å². The molecule has 0 heterocycles. The van der Waals surface area contributed by atoms with Crippen LogP contribution in [0.3, 0.4) is 0 Å². The zero-order valence-corrected chi connectivity index (χ0v) is 24.6. The predicted octanol–water partition coefficient (Wildman–Crippen LogP) is 4.06. The molecular weight excluding hydrogens is 565 g/mol. The van der Waals surface area contributed by atoms with Gasteiger partial charge in [-0.25, -0.2) is 0 Å².